The van der Waals surface area contributed by atoms with Crippen molar-refractivity contribution < 1.29 is 36.2 Å². The molecule has 0 heterocycles. The van der Waals surface area contributed by atoms with Gasteiger partial charge < -0.3 is 9.47 Å². The minimum absolute atomic E-state index is 0.411. The van der Waals surface area contributed by atoms with Crippen molar-refractivity contribution in [1.82, 2.24) is 0 Å². The number of carbonyl (C=O) groups is 1. The van der Waals surface area contributed by atoms with Gasteiger partial charge in [-0.3, -0.25) is 4.79 Å². The molecule has 0 aliphatic heterocycles. The van der Waals surface area contributed by atoms with Gasteiger partial charge >= 0.3 is 6.18 Å². The number of benzene rings is 1. The zero-order chi connectivity index (χ0) is 13.9. The highest BCUT2D eigenvalue weighted by atomic mass is 19.4. The summed E-state index contributed by atoms with van der Waals surface area (Å²) in [6, 6.07) is 0.960. The van der Waals surface area contributed by atoms with Crippen LogP contribution in [0.4, 0.5) is 22.0 Å². The van der Waals surface area contributed by atoms with Gasteiger partial charge in [0.1, 0.15) is 11.4 Å². The molecule has 0 amide bonds. The van der Waals surface area contributed by atoms with Gasteiger partial charge in [0.25, 0.3) is 5.78 Å². The van der Waals surface area contributed by atoms with Crippen molar-refractivity contribution in [3.63, 3.8) is 0 Å². The van der Waals surface area contributed by atoms with E-state index in [4.69, 9.17) is 0 Å². The SMILES string of the molecule is COCOc1c(F)ccc(F)c1C(=O)C(F)(F)F. The van der Waals surface area contributed by atoms with E-state index in [0.29, 0.717) is 12.1 Å². The van der Waals surface area contributed by atoms with Crippen LogP contribution in [0.3, 0.4) is 0 Å². The highest BCUT2D eigenvalue weighted by Crippen LogP contribution is 2.31. The second-order valence-corrected chi connectivity index (χ2v) is 3.11. The number of carbonyl (C=O) groups excluding carboxylic acids is 1. The molecule has 0 N–H and O–H groups in total. The Morgan fingerprint density at radius 1 is 1.22 bits per heavy atom. The van der Waals surface area contributed by atoms with Crippen molar-refractivity contribution in [3.8, 4) is 5.75 Å². The molecule has 100 valence electrons. The fourth-order valence-electron chi connectivity index (χ4n) is 1.15. The lowest BCUT2D eigenvalue weighted by atomic mass is 10.1. The Bertz CT molecular complexity index is 456. The summed E-state index contributed by atoms with van der Waals surface area (Å²) in [5.41, 5.74) is -1.50. The van der Waals surface area contributed by atoms with Gasteiger partial charge in [0.15, 0.2) is 18.4 Å². The molecule has 1 rings (SSSR count). The minimum atomic E-state index is -5.33. The highest BCUT2D eigenvalue weighted by Gasteiger charge is 2.43. The molecule has 0 radical (unpaired) electrons. The van der Waals surface area contributed by atoms with E-state index in [-0.39, 0.29) is 0 Å². The van der Waals surface area contributed by atoms with Crippen LogP contribution in [0.2, 0.25) is 0 Å². The summed E-state index contributed by atoms with van der Waals surface area (Å²) in [6.07, 6.45) is -5.33. The van der Waals surface area contributed by atoms with E-state index in [1.165, 1.54) is 0 Å². The third-order valence-corrected chi connectivity index (χ3v) is 1.86. The van der Waals surface area contributed by atoms with Crippen molar-refractivity contribution in [2.75, 3.05) is 13.9 Å². The average Bonchev–Trinajstić information content (AvgIpc) is 2.28. The van der Waals surface area contributed by atoms with E-state index in [2.05, 4.69) is 9.47 Å². The van der Waals surface area contributed by atoms with Crippen molar-refractivity contribution in [3.05, 3.63) is 29.3 Å². The highest BCUT2D eigenvalue weighted by molar-refractivity contribution is 6.02. The van der Waals surface area contributed by atoms with Crippen LogP contribution in [0.15, 0.2) is 12.1 Å². The van der Waals surface area contributed by atoms with Gasteiger partial charge in [-0.25, -0.2) is 8.78 Å². The number of Topliss-reactive ketones (excluding diaryl/α,β-unsaturated/α-hetero) is 1. The molecule has 0 atom stereocenters. The predicted molar refractivity (Wildman–Crippen MR) is 49.2 cm³/mol. The molecular formula is C10H7F5O3. The summed E-state index contributed by atoms with van der Waals surface area (Å²) in [5, 5.41) is 0. The summed E-state index contributed by atoms with van der Waals surface area (Å²) >= 11 is 0. The molecule has 1 aromatic rings. The molecule has 8 heteroatoms. The maximum absolute atomic E-state index is 13.2. The first-order valence-corrected chi connectivity index (χ1v) is 4.50. The Balaban J connectivity index is 3.31. The summed E-state index contributed by atoms with van der Waals surface area (Å²) < 4.78 is 71.9. The lowest BCUT2D eigenvalue weighted by Gasteiger charge is -2.13. The molecule has 0 aliphatic carbocycles. The smallest absolute Gasteiger partial charge is 0.455 e. The van der Waals surface area contributed by atoms with E-state index >= 15 is 0 Å². The van der Waals surface area contributed by atoms with Crippen LogP contribution in [-0.4, -0.2) is 25.9 Å². The van der Waals surface area contributed by atoms with Gasteiger partial charge in [-0.1, -0.05) is 0 Å². The second kappa shape index (κ2) is 5.30. The van der Waals surface area contributed by atoms with E-state index < -0.39 is 41.7 Å². The monoisotopic (exact) mass is 270 g/mol. The Hall–Kier alpha value is -1.70. The number of hydrogen-bond donors (Lipinski definition) is 0. The van der Waals surface area contributed by atoms with Crippen LogP contribution in [0.25, 0.3) is 0 Å². The molecule has 3 nitrogen and oxygen atoms in total. The Kier molecular flexibility index (Phi) is 4.23. The number of rotatable bonds is 4. The first kappa shape index (κ1) is 14.4. The fraction of sp³-hybridized carbons (Fsp3) is 0.300. The number of halogens is 5. The molecule has 1 aromatic carbocycles. The summed E-state index contributed by atoms with van der Waals surface area (Å²) in [5.74, 6) is -6.46. The van der Waals surface area contributed by atoms with E-state index in [1.54, 1.807) is 0 Å². The van der Waals surface area contributed by atoms with Crippen LogP contribution < -0.4 is 4.74 Å². The quantitative estimate of drug-likeness (QED) is 0.479. The van der Waals surface area contributed by atoms with Crippen molar-refractivity contribution in [1.29, 1.82) is 0 Å². The van der Waals surface area contributed by atoms with Gasteiger partial charge in [0.2, 0.25) is 0 Å². The third-order valence-electron chi connectivity index (χ3n) is 1.86. The summed E-state index contributed by atoms with van der Waals surface area (Å²) in [6.45, 7) is -0.626. The first-order valence-electron chi connectivity index (χ1n) is 4.50. The Morgan fingerprint density at radius 2 is 1.78 bits per heavy atom. The Labute approximate surface area is 98.1 Å². The zero-order valence-electron chi connectivity index (χ0n) is 8.98. The predicted octanol–water partition coefficient (Wildman–Crippen LogP) is 2.69. The van der Waals surface area contributed by atoms with E-state index in [9.17, 15) is 26.7 Å². The minimum Gasteiger partial charge on any atom is -0.464 e. The summed E-state index contributed by atoms with van der Waals surface area (Å²) in [7, 11) is 1.13. The maximum atomic E-state index is 13.2. The van der Waals surface area contributed by atoms with Gasteiger partial charge in [-0.15, -0.1) is 0 Å². The molecule has 0 fully saturated rings. The van der Waals surface area contributed by atoms with Crippen LogP contribution >= 0.6 is 0 Å². The molecule has 0 bridgehead atoms. The fourth-order valence-corrected chi connectivity index (χ4v) is 1.15. The number of hydrogen-bond acceptors (Lipinski definition) is 3. The maximum Gasteiger partial charge on any atom is 0.455 e. The largest absolute Gasteiger partial charge is 0.464 e. The second-order valence-electron chi connectivity index (χ2n) is 3.11. The molecule has 0 aliphatic rings. The van der Waals surface area contributed by atoms with Crippen LogP contribution in [0.1, 0.15) is 10.4 Å². The van der Waals surface area contributed by atoms with Crippen molar-refractivity contribution in [2.24, 2.45) is 0 Å². The standard InChI is InChI=1S/C10H7F5O3/c1-17-4-18-8-6(12)3-2-5(11)7(8)9(16)10(13,14)15/h2-3H,4H2,1H3. The molecule has 0 spiro atoms. The number of ether oxygens (including phenoxy) is 2. The number of alkyl halides is 3. The summed E-state index contributed by atoms with van der Waals surface area (Å²) in [4.78, 5) is 11.0. The number of ketones is 1. The van der Waals surface area contributed by atoms with Gasteiger partial charge in [-0.05, 0) is 12.1 Å². The van der Waals surface area contributed by atoms with Gasteiger partial charge in [-0.2, -0.15) is 13.2 Å². The number of methoxy groups -OCH3 is 1. The zero-order valence-corrected chi connectivity index (χ0v) is 8.98. The molecular weight excluding hydrogens is 263 g/mol. The molecule has 0 saturated carbocycles. The van der Waals surface area contributed by atoms with Gasteiger partial charge in [0.05, 0.1) is 0 Å². The van der Waals surface area contributed by atoms with E-state index in [1.807, 2.05) is 0 Å². The third kappa shape index (κ3) is 2.95. The lowest BCUT2D eigenvalue weighted by Crippen LogP contribution is -2.25. The Morgan fingerprint density at radius 3 is 2.28 bits per heavy atom. The molecule has 0 saturated heterocycles. The van der Waals surface area contributed by atoms with Gasteiger partial charge in [0, 0.05) is 7.11 Å². The normalized spacial score (nSPS) is 11.4. The van der Waals surface area contributed by atoms with Crippen LogP contribution in [0.5, 0.6) is 5.75 Å². The molecule has 0 unspecified atom stereocenters. The van der Waals surface area contributed by atoms with Crippen LogP contribution in [0, 0.1) is 11.6 Å². The molecule has 0 aromatic heterocycles. The topological polar surface area (TPSA) is 35.5 Å². The first-order chi connectivity index (χ1) is 8.29. The van der Waals surface area contributed by atoms with Crippen LogP contribution in [-0.2, 0) is 4.74 Å². The average molecular weight is 270 g/mol. The van der Waals surface area contributed by atoms with E-state index in [0.717, 1.165) is 7.11 Å². The lowest BCUT2D eigenvalue weighted by molar-refractivity contribution is -0.0890. The molecule has 18 heavy (non-hydrogen) atoms. The van der Waals surface area contributed by atoms with Crippen molar-refractivity contribution in [2.45, 2.75) is 6.18 Å². The van der Waals surface area contributed by atoms with Crippen molar-refractivity contribution >= 4 is 5.78 Å².